The number of hydrogen-bond donors (Lipinski definition) is 2. The number of ether oxygens (including phenoxy) is 3. The number of benzene rings is 2. The van der Waals surface area contributed by atoms with Crippen LogP contribution in [0.3, 0.4) is 0 Å². The van der Waals surface area contributed by atoms with Crippen molar-refractivity contribution in [3.63, 3.8) is 0 Å². The highest BCUT2D eigenvalue weighted by Crippen LogP contribution is 2.40. The number of aromatic nitrogens is 2. The highest BCUT2D eigenvalue weighted by molar-refractivity contribution is 6.35. The standard InChI is InChI=1S/C28H23Cl2F2N3O8/c29-20-10-34(40)11-21(30)19(20)9-23(15-3-6-22(43-28(31)32)24(7-15)41-13-14-1-2-14)42-25(36)12-35-26(37)17-5-4-16(33-39)8-18(17)27(35)38/h3-8,10-11,14,23,28,37-38H,1-2,9,12-13H2. The minimum absolute atomic E-state index is 0.0000517. The zero-order chi connectivity index (χ0) is 30.8. The second-order valence-corrected chi connectivity index (χ2v) is 10.7. The monoisotopic (exact) mass is 637 g/mol. The van der Waals surface area contributed by atoms with Crippen LogP contribution >= 0.6 is 23.2 Å². The molecule has 1 aliphatic carbocycles. The lowest BCUT2D eigenvalue weighted by molar-refractivity contribution is -0.605. The summed E-state index contributed by atoms with van der Waals surface area (Å²) in [6.07, 6.45) is 2.70. The van der Waals surface area contributed by atoms with E-state index in [1.165, 1.54) is 36.4 Å². The number of halogens is 4. The van der Waals surface area contributed by atoms with Crippen LogP contribution in [0.5, 0.6) is 23.3 Å². The lowest BCUT2D eigenvalue weighted by Gasteiger charge is -2.22. The molecule has 1 atom stereocenters. The summed E-state index contributed by atoms with van der Waals surface area (Å²) in [6.45, 7) is -3.51. The molecular formula is C28H23Cl2F2N3O8. The van der Waals surface area contributed by atoms with Crippen LogP contribution in [0.2, 0.25) is 10.0 Å². The fraction of sp³-hybridized carbons (Fsp3) is 0.286. The third-order valence-corrected chi connectivity index (χ3v) is 7.49. The van der Waals surface area contributed by atoms with Crippen molar-refractivity contribution in [2.45, 2.75) is 38.5 Å². The SMILES string of the molecule is O=Nc1ccc2c(O)n(CC(=O)OC(Cc3c(Cl)c[n+]([O-])cc3Cl)c3ccc(OC(F)F)c(OCC4CC4)c3)c(O)c2c1. The summed E-state index contributed by atoms with van der Waals surface area (Å²) in [5.74, 6) is -1.83. The van der Waals surface area contributed by atoms with Gasteiger partial charge >= 0.3 is 12.6 Å². The molecule has 15 heteroatoms. The van der Waals surface area contributed by atoms with Gasteiger partial charge in [0.2, 0.25) is 11.8 Å². The summed E-state index contributed by atoms with van der Waals surface area (Å²) in [6, 6.07) is 7.97. The molecule has 226 valence electrons. The number of carbonyl (C=O) groups is 1. The van der Waals surface area contributed by atoms with Crippen LogP contribution in [-0.2, 0) is 22.5 Å². The number of aromatic hydroxyl groups is 2. The van der Waals surface area contributed by atoms with E-state index in [-0.39, 0.29) is 62.5 Å². The topological polar surface area (TPSA) is 147 Å². The predicted molar refractivity (Wildman–Crippen MR) is 150 cm³/mol. The molecule has 0 bridgehead atoms. The number of nitroso groups, excluding NO2 is 1. The van der Waals surface area contributed by atoms with Crippen molar-refractivity contribution in [2.75, 3.05) is 6.61 Å². The van der Waals surface area contributed by atoms with Gasteiger partial charge in [-0.15, -0.1) is 4.91 Å². The second-order valence-electron chi connectivity index (χ2n) is 9.87. The van der Waals surface area contributed by atoms with Gasteiger partial charge in [-0.2, -0.15) is 13.5 Å². The molecule has 4 aromatic rings. The van der Waals surface area contributed by atoms with Gasteiger partial charge < -0.3 is 29.6 Å². The van der Waals surface area contributed by atoms with Gasteiger partial charge in [-0.05, 0) is 59.8 Å². The molecule has 2 heterocycles. The minimum Gasteiger partial charge on any atom is -0.619 e. The number of fused-ring (bicyclic) bond motifs is 1. The van der Waals surface area contributed by atoms with Crippen molar-refractivity contribution in [1.29, 1.82) is 0 Å². The molecule has 0 radical (unpaired) electrons. The van der Waals surface area contributed by atoms with E-state index >= 15 is 0 Å². The number of nitrogens with zero attached hydrogens (tertiary/aromatic N) is 3. The van der Waals surface area contributed by atoms with Crippen LogP contribution in [0.4, 0.5) is 14.5 Å². The van der Waals surface area contributed by atoms with Crippen LogP contribution in [0.15, 0.2) is 54.0 Å². The average Bonchev–Trinajstić information content (AvgIpc) is 3.76. The fourth-order valence-electron chi connectivity index (χ4n) is 4.50. The molecule has 2 aromatic heterocycles. The molecule has 5 rings (SSSR count). The number of alkyl halides is 2. The Morgan fingerprint density at radius 2 is 1.77 bits per heavy atom. The highest BCUT2D eigenvalue weighted by atomic mass is 35.5. The Kier molecular flexibility index (Phi) is 8.74. The largest absolute Gasteiger partial charge is 0.619 e. The van der Waals surface area contributed by atoms with Gasteiger partial charge in [0.1, 0.15) is 28.4 Å². The molecule has 1 unspecified atom stereocenters. The van der Waals surface area contributed by atoms with E-state index in [1.807, 2.05) is 0 Å². The molecule has 11 nitrogen and oxygen atoms in total. The first-order chi connectivity index (χ1) is 20.5. The van der Waals surface area contributed by atoms with Crippen LogP contribution in [0, 0.1) is 16.0 Å². The van der Waals surface area contributed by atoms with Crippen LogP contribution in [0.1, 0.15) is 30.1 Å². The maximum absolute atomic E-state index is 13.2. The molecule has 1 fully saturated rings. The summed E-state index contributed by atoms with van der Waals surface area (Å²) in [7, 11) is 0. The van der Waals surface area contributed by atoms with Gasteiger partial charge in [0.05, 0.1) is 6.61 Å². The van der Waals surface area contributed by atoms with Crippen LogP contribution < -0.4 is 14.2 Å². The molecule has 1 aliphatic rings. The Labute approximate surface area is 252 Å². The number of carbonyl (C=O) groups excluding carboxylic acids is 1. The molecule has 0 aliphatic heterocycles. The van der Waals surface area contributed by atoms with E-state index in [0.29, 0.717) is 10.3 Å². The number of hydrogen-bond acceptors (Lipinski definition) is 9. The molecule has 2 aromatic carbocycles. The zero-order valence-corrected chi connectivity index (χ0v) is 23.6. The predicted octanol–water partition coefficient (Wildman–Crippen LogP) is 6.31. The van der Waals surface area contributed by atoms with Crippen molar-refractivity contribution in [3.8, 4) is 23.3 Å². The first-order valence-electron chi connectivity index (χ1n) is 12.9. The third-order valence-electron chi connectivity index (χ3n) is 6.84. The molecule has 1 saturated carbocycles. The van der Waals surface area contributed by atoms with Crippen molar-refractivity contribution in [2.24, 2.45) is 11.1 Å². The Morgan fingerprint density at radius 3 is 2.42 bits per heavy atom. The second kappa shape index (κ2) is 12.5. The van der Waals surface area contributed by atoms with Gasteiger partial charge in [0.15, 0.2) is 23.9 Å². The van der Waals surface area contributed by atoms with E-state index in [1.54, 1.807) is 0 Å². The Bertz CT molecular complexity index is 1670. The first kappa shape index (κ1) is 30.1. The van der Waals surface area contributed by atoms with Crippen molar-refractivity contribution >= 4 is 45.6 Å². The number of rotatable bonds is 12. The Morgan fingerprint density at radius 1 is 1.07 bits per heavy atom. The molecule has 0 amide bonds. The van der Waals surface area contributed by atoms with E-state index < -0.39 is 37.0 Å². The molecule has 0 spiro atoms. The van der Waals surface area contributed by atoms with Gasteiger partial charge in [-0.1, -0.05) is 29.3 Å². The molecule has 0 saturated heterocycles. The normalized spacial score (nSPS) is 13.7. The Hall–Kier alpha value is -4.36. The summed E-state index contributed by atoms with van der Waals surface area (Å²) >= 11 is 12.6. The quantitative estimate of drug-likeness (QED) is 0.0795. The maximum atomic E-state index is 13.2. The summed E-state index contributed by atoms with van der Waals surface area (Å²) in [5, 5.41) is 36.1. The summed E-state index contributed by atoms with van der Waals surface area (Å²) in [5.41, 5.74) is 0.546. The fourth-order valence-corrected chi connectivity index (χ4v) is 5.10. The average molecular weight is 638 g/mol. The van der Waals surface area contributed by atoms with Crippen molar-refractivity contribution in [1.82, 2.24) is 4.57 Å². The molecule has 43 heavy (non-hydrogen) atoms. The van der Waals surface area contributed by atoms with Crippen LogP contribution in [0.25, 0.3) is 10.8 Å². The molecule has 2 N–H and O–H groups in total. The zero-order valence-electron chi connectivity index (χ0n) is 22.1. The van der Waals surface area contributed by atoms with E-state index in [4.69, 9.17) is 32.7 Å². The van der Waals surface area contributed by atoms with E-state index in [0.717, 1.165) is 29.8 Å². The number of pyridine rings is 1. The van der Waals surface area contributed by atoms with Crippen LogP contribution in [-0.4, -0.2) is 34.0 Å². The lowest BCUT2D eigenvalue weighted by Crippen LogP contribution is -2.26. The first-order valence-corrected chi connectivity index (χ1v) is 13.6. The maximum Gasteiger partial charge on any atom is 0.387 e. The van der Waals surface area contributed by atoms with E-state index in [9.17, 15) is 33.9 Å². The van der Waals surface area contributed by atoms with E-state index in [2.05, 4.69) is 9.91 Å². The lowest BCUT2D eigenvalue weighted by atomic mass is 10.0. The van der Waals surface area contributed by atoms with Gasteiger partial charge in [-0.25, -0.2) is 0 Å². The summed E-state index contributed by atoms with van der Waals surface area (Å²) in [4.78, 5) is 24.1. The Balaban J connectivity index is 1.48. The van der Waals surface area contributed by atoms with Gasteiger partial charge in [0, 0.05) is 22.8 Å². The van der Waals surface area contributed by atoms with Crippen molar-refractivity contribution < 1.29 is 42.7 Å². The van der Waals surface area contributed by atoms with Gasteiger partial charge in [-0.3, -0.25) is 9.36 Å². The van der Waals surface area contributed by atoms with Gasteiger partial charge in [0.25, 0.3) is 0 Å². The van der Waals surface area contributed by atoms with Crippen molar-refractivity contribution in [3.05, 3.63) is 80.1 Å². The summed E-state index contributed by atoms with van der Waals surface area (Å²) < 4.78 is 43.5. The number of esters is 1. The minimum atomic E-state index is -3.11. The smallest absolute Gasteiger partial charge is 0.387 e. The molecular weight excluding hydrogens is 615 g/mol. The highest BCUT2D eigenvalue weighted by Gasteiger charge is 2.27. The third kappa shape index (κ3) is 6.83.